The monoisotopic (exact) mass is 361 g/mol. The molecule has 2 aromatic heterocycles. The number of nitrogens with one attached hydrogen (secondary N) is 1. The average Bonchev–Trinajstić information content (AvgIpc) is 3.15. The number of fused-ring (bicyclic) bond motifs is 2. The standard InChI is InChI=1S/C18H23N3O3S/c1-11-14-17(20-13-7-3-2-4-8-21(13)18(14)23)25-15(11)16(22)19-10-12-6-5-9-24-12/h12H,2-10H2,1H3,(H,19,22)/t12-/m0/s1. The third kappa shape index (κ3) is 3.11. The second kappa shape index (κ2) is 6.88. The second-order valence-electron chi connectivity index (χ2n) is 6.88. The molecule has 0 unspecified atom stereocenters. The van der Waals surface area contributed by atoms with Gasteiger partial charge in [-0.15, -0.1) is 11.3 Å². The van der Waals surface area contributed by atoms with Crippen molar-refractivity contribution in [2.75, 3.05) is 13.2 Å². The molecule has 0 bridgehead atoms. The van der Waals surface area contributed by atoms with Crippen molar-refractivity contribution >= 4 is 27.5 Å². The third-order valence-electron chi connectivity index (χ3n) is 5.13. The van der Waals surface area contributed by atoms with Crippen LogP contribution in [0.4, 0.5) is 0 Å². The van der Waals surface area contributed by atoms with Crippen LogP contribution in [0.25, 0.3) is 10.2 Å². The van der Waals surface area contributed by atoms with Crippen molar-refractivity contribution in [1.29, 1.82) is 0 Å². The molecule has 7 heteroatoms. The zero-order valence-corrected chi connectivity index (χ0v) is 15.3. The van der Waals surface area contributed by atoms with E-state index in [0.717, 1.165) is 63.1 Å². The predicted molar refractivity (Wildman–Crippen MR) is 97.5 cm³/mol. The molecule has 6 nitrogen and oxygen atoms in total. The van der Waals surface area contributed by atoms with E-state index in [-0.39, 0.29) is 17.6 Å². The Balaban J connectivity index is 1.66. The van der Waals surface area contributed by atoms with Crippen molar-refractivity contribution in [3.63, 3.8) is 0 Å². The van der Waals surface area contributed by atoms with Crippen molar-refractivity contribution in [2.24, 2.45) is 0 Å². The molecule has 2 aromatic rings. The van der Waals surface area contributed by atoms with Gasteiger partial charge in [-0.05, 0) is 38.2 Å². The summed E-state index contributed by atoms with van der Waals surface area (Å²) in [4.78, 5) is 31.5. The van der Waals surface area contributed by atoms with Gasteiger partial charge in [0, 0.05) is 26.1 Å². The van der Waals surface area contributed by atoms with Gasteiger partial charge in [0.05, 0.1) is 16.4 Å². The van der Waals surface area contributed by atoms with Crippen molar-refractivity contribution in [1.82, 2.24) is 14.9 Å². The molecule has 4 rings (SSSR count). The Morgan fingerprint density at radius 1 is 1.36 bits per heavy atom. The summed E-state index contributed by atoms with van der Waals surface area (Å²) in [5, 5.41) is 3.56. The van der Waals surface area contributed by atoms with Crippen LogP contribution in [0.2, 0.25) is 0 Å². The number of hydrogen-bond donors (Lipinski definition) is 1. The van der Waals surface area contributed by atoms with E-state index in [0.29, 0.717) is 21.6 Å². The Bertz CT molecular complexity index is 865. The summed E-state index contributed by atoms with van der Waals surface area (Å²) >= 11 is 1.33. The van der Waals surface area contributed by atoms with Gasteiger partial charge in [-0.1, -0.05) is 6.42 Å². The quantitative estimate of drug-likeness (QED) is 0.911. The van der Waals surface area contributed by atoms with E-state index < -0.39 is 0 Å². The number of hydrogen-bond acceptors (Lipinski definition) is 5. The number of carbonyl (C=O) groups is 1. The zero-order valence-electron chi connectivity index (χ0n) is 14.5. The molecule has 25 heavy (non-hydrogen) atoms. The fourth-order valence-electron chi connectivity index (χ4n) is 3.72. The molecule has 1 N–H and O–H groups in total. The highest BCUT2D eigenvalue weighted by Crippen LogP contribution is 2.28. The molecule has 0 aliphatic carbocycles. The zero-order chi connectivity index (χ0) is 17.4. The van der Waals surface area contributed by atoms with Gasteiger partial charge in [-0.3, -0.25) is 14.2 Å². The van der Waals surface area contributed by atoms with Gasteiger partial charge in [0.2, 0.25) is 0 Å². The molecule has 4 heterocycles. The van der Waals surface area contributed by atoms with Crippen LogP contribution in [0.15, 0.2) is 4.79 Å². The smallest absolute Gasteiger partial charge is 0.262 e. The first-order chi connectivity index (χ1) is 12.1. The van der Waals surface area contributed by atoms with E-state index in [1.807, 2.05) is 11.5 Å². The predicted octanol–water partition coefficient (Wildman–Crippen LogP) is 2.40. The average molecular weight is 361 g/mol. The summed E-state index contributed by atoms with van der Waals surface area (Å²) in [5.74, 6) is 0.734. The number of aryl methyl sites for hydroxylation is 2. The number of ether oxygens (including phenoxy) is 1. The maximum Gasteiger partial charge on any atom is 0.262 e. The lowest BCUT2D eigenvalue weighted by Gasteiger charge is -2.10. The highest BCUT2D eigenvalue weighted by Gasteiger charge is 2.23. The van der Waals surface area contributed by atoms with Crippen molar-refractivity contribution < 1.29 is 9.53 Å². The summed E-state index contributed by atoms with van der Waals surface area (Å²) in [6.07, 6.45) is 6.19. The molecule has 1 fully saturated rings. The number of thiophene rings is 1. The van der Waals surface area contributed by atoms with Crippen molar-refractivity contribution in [2.45, 2.75) is 58.1 Å². The van der Waals surface area contributed by atoms with Crippen LogP contribution in [0.5, 0.6) is 0 Å². The second-order valence-corrected chi connectivity index (χ2v) is 7.88. The lowest BCUT2D eigenvalue weighted by Crippen LogP contribution is -2.31. The highest BCUT2D eigenvalue weighted by molar-refractivity contribution is 7.20. The first-order valence-corrected chi connectivity index (χ1v) is 9.89. The van der Waals surface area contributed by atoms with Gasteiger partial charge in [0.1, 0.15) is 10.7 Å². The van der Waals surface area contributed by atoms with Crippen LogP contribution in [-0.4, -0.2) is 34.7 Å². The topological polar surface area (TPSA) is 73.2 Å². The largest absolute Gasteiger partial charge is 0.376 e. The fourth-order valence-corrected chi connectivity index (χ4v) is 4.83. The van der Waals surface area contributed by atoms with E-state index in [1.165, 1.54) is 11.3 Å². The lowest BCUT2D eigenvalue weighted by molar-refractivity contribution is 0.0860. The minimum Gasteiger partial charge on any atom is -0.376 e. The summed E-state index contributed by atoms with van der Waals surface area (Å²) in [5.41, 5.74) is 0.760. The van der Waals surface area contributed by atoms with Gasteiger partial charge in [0.15, 0.2) is 0 Å². The summed E-state index contributed by atoms with van der Waals surface area (Å²) in [6.45, 7) is 3.88. The first kappa shape index (κ1) is 16.7. The number of carbonyl (C=O) groups excluding carboxylic acids is 1. The number of rotatable bonds is 3. The molecule has 2 aliphatic heterocycles. The van der Waals surface area contributed by atoms with Crippen LogP contribution in [0.3, 0.4) is 0 Å². The van der Waals surface area contributed by atoms with Crippen LogP contribution in [0.1, 0.15) is 53.2 Å². The van der Waals surface area contributed by atoms with Gasteiger partial charge >= 0.3 is 0 Å². The minimum atomic E-state index is -0.129. The SMILES string of the molecule is Cc1c(C(=O)NC[C@@H]2CCCO2)sc2nc3n(c(=O)c12)CCCCC3. The molecule has 2 aliphatic rings. The maximum absolute atomic E-state index is 12.9. The molecule has 1 amide bonds. The Hall–Kier alpha value is -1.73. The van der Waals surface area contributed by atoms with E-state index in [1.54, 1.807) is 0 Å². The molecular formula is C18H23N3O3S. The highest BCUT2D eigenvalue weighted by atomic mass is 32.1. The van der Waals surface area contributed by atoms with Crippen LogP contribution < -0.4 is 10.9 Å². The first-order valence-electron chi connectivity index (χ1n) is 9.08. The molecule has 0 aromatic carbocycles. The number of nitrogens with zero attached hydrogens (tertiary/aromatic N) is 2. The molecule has 1 saturated heterocycles. The van der Waals surface area contributed by atoms with Gasteiger partial charge in [0.25, 0.3) is 11.5 Å². The molecule has 1 atom stereocenters. The molecule has 134 valence electrons. The van der Waals surface area contributed by atoms with Crippen LogP contribution in [0, 0.1) is 6.92 Å². The molecule has 0 saturated carbocycles. The molecular weight excluding hydrogens is 338 g/mol. The lowest BCUT2D eigenvalue weighted by atomic mass is 10.2. The van der Waals surface area contributed by atoms with E-state index in [2.05, 4.69) is 5.32 Å². The number of amides is 1. The van der Waals surface area contributed by atoms with E-state index in [4.69, 9.17) is 9.72 Å². The maximum atomic E-state index is 12.9. The Labute approximate surface area is 150 Å². The van der Waals surface area contributed by atoms with Gasteiger partial charge in [-0.2, -0.15) is 0 Å². The Kier molecular flexibility index (Phi) is 4.60. The molecule has 0 spiro atoms. The van der Waals surface area contributed by atoms with E-state index >= 15 is 0 Å². The van der Waals surface area contributed by atoms with Crippen molar-refractivity contribution in [3.05, 3.63) is 26.6 Å². The van der Waals surface area contributed by atoms with E-state index in [9.17, 15) is 9.59 Å². The normalized spacial score (nSPS) is 20.4. The molecule has 0 radical (unpaired) electrons. The summed E-state index contributed by atoms with van der Waals surface area (Å²) < 4.78 is 7.36. The van der Waals surface area contributed by atoms with Gasteiger partial charge in [-0.25, -0.2) is 4.98 Å². The minimum absolute atomic E-state index is 0.00817. The van der Waals surface area contributed by atoms with Gasteiger partial charge < -0.3 is 10.1 Å². The summed E-state index contributed by atoms with van der Waals surface area (Å²) in [6, 6.07) is 0. The fraction of sp³-hybridized carbons (Fsp3) is 0.611. The summed E-state index contributed by atoms with van der Waals surface area (Å²) in [7, 11) is 0. The van der Waals surface area contributed by atoms with Crippen molar-refractivity contribution in [3.8, 4) is 0 Å². The Morgan fingerprint density at radius 3 is 3.04 bits per heavy atom. The Morgan fingerprint density at radius 2 is 2.24 bits per heavy atom. The van der Waals surface area contributed by atoms with Crippen LogP contribution in [-0.2, 0) is 17.7 Å². The number of aromatic nitrogens is 2. The third-order valence-corrected chi connectivity index (χ3v) is 6.32. The van der Waals surface area contributed by atoms with Crippen LogP contribution >= 0.6 is 11.3 Å².